The molecule has 3 aromatic rings. The van der Waals surface area contributed by atoms with Gasteiger partial charge in [-0.2, -0.15) is 0 Å². The fourth-order valence-electron chi connectivity index (χ4n) is 3.18. The molecule has 1 aliphatic heterocycles. The van der Waals surface area contributed by atoms with Crippen LogP contribution in [0.3, 0.4) is 0 Å². The molecule has 1 fully saturated rings. The van der Waals surface area contributed by atoms with Crippen LogP contribution in [0, 0.1) is 6.92 Å². The summed E-state index contributed by atoms with van der Waals surface area (Å²) < 4.78 is 0. The zero-order valence-electron chi connectivity index (χ0n) is 15.8. The maximum atomic E-state index is 12.2. The Morgan fingerprint density at radius 1 is 1.14 bits per heavy atom. The molecule has 8 heteroatoms. The van der Waals surface area contributed by atoms with Crippen molar-refractivity contribution >= 4 is 39.4 Å². The van der Waals surface area contributed by atoms with Crippen molar-refractivity contribution in [1.82, 2.24) is 14.9 Å². The van der Waals surface area contributed by atoms with Crippen molar-refractivity contribution in [2.75, 3.05) is 36.4 Å². The summed E-state index contributed by atoms with van der Waals surface area (Å²) in [4.78, 5) is 26.1. The van der Waals surface area contributed by atoms with Crippen LogP contribution in [0.15, 0.2) is 41.2 Å². The minimum atomic E-state index is -0.0261. The third-order valence-electron chi connectivity index (χ3n) is 4.69. The van der Waals surface area contributed by atoms with Gasteiger partial charge in [-0.3, -0.25) is 9.69 Å². The molecular weight excluding hydrogens is 390 g/mol. The largest absolute Gasteiger partial charge is 0.346 e. The Kier molecular flexibility index (Phi) is 5.99. The molecule has 2 aromatic heterocycles. The molecule has 1 aliphatic rings. The Labute approximate surface area is 172 Å². The Morgan fingerprint density at radius 3 is 2.64 bits per heavy atom. The summed E-state index contributed by atoms with van der Waals surface area (Å²) >= 11 is 3.25. The van der Waals surface area contributed by atoms with Gasteiger partial charge >= 0.3 is 0 Å². The minimum Gasteiger partial charge on any atom is -0.346 e. The van der Waals surface area contributed by atoms with Crippen molar-refractivity contribution < 1.29 is 4.79 Å². The fraction of sp³-hybridized carbons (Fsp3) is 0.350. The number of nitrogens with zero attached hydrogens (tertiary/aromatic N) is 4. The van der Waals surface area contributed by atoms with E-state index in [1.165, 1.54) is 5.56 Å². The summed E-state index contributed by atoms with van der Waals surface area (Å²) in [6.45, 7) is 6.84. The van der Waals surface area contributed by atoms with Gasteiger partial charge in [0.05, 0.1) is 12.1 Å². The van der Waals surface area contributed by atoms with Gasteiger partial charge in [-0.15, -0.1) is 22.7 Å². The van der Waals surface area contributed by atoms with E-state index in [2.05, 4.69) is 30.5 Å². The van der Waals surface area contributed by atoms with E-state index in [1.807, 2.05) is 42.8 Å². The van der Waals surface area contributed by atoms with Crippen LogP contribution in [-0.2, 0) is 17.8 Å². The lowest BCUT2D eigenvalue weighted by Crippen LogP contribution is -2.46. The lowest BCUT2D eigenvalue weighted by molar-refractivity contribution is -0.115. The predicted octanol–water partition coefficient (Wildman–Crippen LogP) is 3.41. The van der Waals surface area contributed by atoms with Crippen LogP contribution in [0.4, 0.5) is 10.8 Å². The summed E-state index contributed by atoms with van der Waals surface area (Å²) in [6, 6.07) is 7.83. The molecule has 1 saturated heterocycles. The van der Waals surface area contributed by atoms with E-state index in [4.69, 9.17) is 0 Å². The van der Waals surface area contributed by atoms with Gasteiger partial charge < -0.3 is 10.2 Å². The Hall–Kier alpha value is -2.29. The van der Waals surface area contributed by atoms with Gasteiger partial charge in [-0.1, -0.05) is 17.7 Å². The summed E-state index contributed by atoms with van der Waals surface area (Å²) in [6.07, 6.45) is 2.18. The first kappa shape index (κ1) is 19.0. The van der Waals surface area contributed by atoms with Crippen molar-refractivity contribution in [2.24, 2.45) is 0 Å². The molecule has 0 aliphatic carbocycles. The number of piperazine rings is 1. The highest BCUT2D eigenvalue weighted by Crippen LogP contribution is 2.20. The van der Waals surface area contributed by atoms with Crippen LogP contribution >= 0.6 is 22.7 Å². The summed E-state index contributed by atoms with van der Waals surface area (Å²) in [5.41, 5.74) is 3.05. The lowest BCUT2D eigenvalue weighted by atomic mass is 10.2. The molecule has 1 aromatic carbocycles. The molecule has 3 heterocycles. The molecule has 146 valence electrons. The van der Waals surface area contributed by atoms with Crippen molar-refractivity contribution in [3.63, 3.8) is 0 Å². The van der Waals surface area contributed by atoms with Gasteiger partial charge in [0.15, 0.2) is 5.13 Å². The Bertz CT molecular complexity index is 899. The Balaban J connectivity index is 1.25. The number of benzene rings is 1. The monoisotopic (exact) mass is 413 g/mol. The van der Waals surface area contributed by atoms with Crippen LogP contribution in [0.1, 0.15) is 16.3 Å². The number of thiazole rings is 2. The van der Waals surface area contributed by atoms with Crippen LogP contribution in [0.25, 0.3) is 0 Å². The van der Waals surface area contributed by atoms with Crippen molar-refractivity contribution in [2.45, 2.75) is 19.9 Å². The second-order valence-electron chi connectivity index (χ2n) is 6.90. The highest BCUT2D eigenvalue weighted by Gasteiger charge is 2.19. The van der Waals surface area contributed by atoms with E-state index in [0.29, 0.717) is 6.42 Å². The molecule has 0 unspecified atom stereocenters. The lowest BCUT2D eigenvalue weighted by Gasteiger charge is -2.34. The maximum absolute atomic E-state index is 12.2. The van der Waals surface area contributed by atoms with Crippen molar-refractivity contribution in [1.29, 1.82) is 0 Å². The average Bonchev–Trinajstić information content (AvgIpc) is 3.37. The number of hydrogen-bond acceptors (Lipinski definition) is 7. The number of rotatable bonds is 6. The first-order valence-electron chi connectivity index (χ1n) is 9.32. The van der Waals surface area contributed by atoms with Crippen LogP contribution < -0.4 is 10.2 Å². The van der Waals surface area contributed by atoms with Gasteiger partial charge in [-0.05, 0) is 19.1 Å². The standard InChI is InChI=1S/C20H23N5OS2/c1-15-2-4-16(5-3-15)22-18(26)12-19-23-17(14-28-19)13-24-7-9-25(10-8-24)20-21-6-11-27-20/h2-6,11,14H,7-10,12-13H2,1H3,(H,22,26). The van der Waals surface area contributed by atoms with E-state index in [0.717, 1.165) is 54.2 Å². The van der Waals surface area contributed by atoms with Gasteiger partial charge in [0, 0.05) is 55.4 Å². The van der Waals surface area contributed by atoms with E-state index in [1.54, 1.807) is 22.7 Å². The predicted molar refractivity (Wildman–Crippen MR) is 115 cm³/mol. The first-order chi connectivity index (χ1) is 13.7. The highest BCUT2D eigenvalue weighted by atomic mass is 32.1. The molecule has 4 rings (SSSR count). The first-order valence-corrected chi connectivity index (χ1v) is 11.1. The molecular formula is C20H23N5OS2. The van der Waals surface area contributed by atoms with E-state index < -0.39 is 0 Å². The number of anilines is 2. The highest BCUT2D eigenvalue weighted by molar-refractivity contribution is 7.13. The zero-order valence-corrected chi connectivity index (χ0v) is 17.4. The molecule has 1 N–H and O–H groups in total. The minimum absolute atomic E-state index is 0.0261. The second kappa shape index (κ2) is 8.81. The van der Waals surface area contributed by atoms with Gasteiger partial charge in [0.1, 0.15) is 5.01 Å². The number of hydrogen-bond donors (Lipinski definition) is 1. The maximum Gasteiger partial charge on any atom is 0.231 e. The summed E-state index contributed by atoms with van der Waals surface area (Å²) in [7, 11) is 0. The molecule has 6 nitrogen and oxygen atoms in total. The Morgan fingerprint density at radius 2 is 1.93 bits per heavy atom. The number of carbonyl (C=O) groups excluding carboxylic acids is 1. The van der Waals surface area contributed by atoms with E-state index in [-0.39, 0.29) is 5.91 Å². The summed E-state index contributed by atoms with van der Waals surface area (Å²) in [5.74, 6) is -0.0261. The molecule has 28 heavy (non-hydrogen) atoms. The number of carbonyl (C=O) groups is 1. The third-order valence-corrected chi connectivity index (χ3v) is 6.42. The van der Waals surface area contributed by atoms with E-state index >= 15 is 0 Å². The number of amides is 1. The number of aryl methyl sites for hydroxylation is 1. The number of nitrogens with one attached hydrogen (secondary N) is 1. The van der Waals surface area contributed by atoms with Gasteiger partial charge in [-0.25, -0.2) is 9.97 Å². The fourth-order valence-corrected chi connectivity index (χ4v) is 4.66. The topological polar surface area (TPSA) is 61.4 Å². The van der Waals surface area contributed by atoms with Gasteiger partial charge in [0.25, 0.3) is 0 Å². The molecule has 0 bridgehead atoms. The average molecular weight is 414 g/mol. The van der Waals surface area contributed by atoms with Crippen LogP contribution in [0.5, 0.6) is 0 Å². The molecule has 0 spiro atoms. The smallest absolute Gasteiger partial charge is 0.231 e. The van der Waals surface area contributed by atoms with Crippen molar-refractivity contribution in [3.8, 4) is 0 Å². The second-order valence-corrected chi connectivity index (χ2v) is 8.72. The van der Waals surface area contributed by atoms with Crippen LogP contribution in [-0.4, -0.2) is 47.0 Å². The summed E-state index contributed by atoms with van der Waals surface area (Å²) in [5, 5.41) is 8.99. The zero-order chi connectivity index (χ0) is 19.3. The van der Waals surface area contributed by atoms with Gasteiger partial charge in [0.2, 0.25) is 5.91 Å². The van der Waals surface area contributed by atoms with Crippen molar-refractivity contribution in [3.05, 3.63) is 57.5 Å². The molecule has 1 amide bonds. The van der Waals surface area contributed by atoms with E-state index in [9.17, 15) is 4.79 Å². The third kappa shape index (κ3) is 4.95. The number of aromatic nitrogens is 2. The quantitative estimate of drug-likeness (QED) is 0.671. The van der Waals surface area contributed by atoms with Crippen LogP contribution in [0.2, 0.25) is 0 Å². The SMILES string of the molecule is Cc1ccc(NC(=O)Cc2nc(CN3CCN(c4nccs4)CC3)cs2)cc1. The molecule has 0 atom stereocenters. The molecule has 0 saturated carbocycles. The molecule has 0 radical (unpaired) electrons. The normalized spacial score (nSPS) is 15.0.